The monoisotopic (exact) mass is 356 g/mol. The molecule has 1 aliphatic rings. The van der Waals surface area contributed by atoms with E-state index in [0.29, 0.717) is 11.5 Å². The van der Waals surface area contributed by atoms with Gasteiger partial charge in [-0.2, -0.15) is 0 Å². The second kappa shape index (κ2) is 7.27. The van der Waals surface area contributed by atoms with Gasteiger partial charge >= 0.3 is 0 Å². The Labute approximate surface area is 155 Å². The molecular formula is C19H28N6O. The second-order valence-electron chi connectivity index (χ2n) is 7.51. The van der Waals surface area contributed by atoms with E-state index in [4.69, 9.17) is 10.5 Å². The molecule has 3 rings (SSSR count). The van der Waals surface area contributed by atoms with Crippen LogP contribution >= 0.6 is 0 Å². The van der Waals surface area contributed by atoms with Gasteiger partial charge in [-0.1, -0.05) is 0 Å². The minimum absolute atomic E-state index is 0.104. The molecule has 0 spiro atoms. The number of anilines is 4. The van der Waals surface area contributed by atoms with Crippen molar-refractivity contribution in [3.05, 3.63) is 30.6 Å². The van der Waals surface area contributed by atoms with Gasteiger partial charge in [0.25, 0.3) is 0 Å². The lowest BCUT2D eigenvalue weighted by Crippen LogP contribution is -2.47. The Kier molecular flexibility index (Phi) is 5.06. The summed E-state index contributed by atoms with van der Waals surface area (Å²) >= 11 is 0. The maximum atomic E-state index is 6.34. The number of nitrogens with one attached hydrogen (secondary N) is 1. The lowest BCUT2D eigenvalue weighted by molar-refractivity contribution is 0.415. The molecule has 1 aliphatic heterocycles. The van der Waals surface area contributed by atoms with Gasteiger partial charge in [0.05, 0.1) is 7.11 Å². The number of aromatic nitrogens is 2. The Morgan fingerprint density at radius 1 is 1.00 bits per heavy atom. The van der Waals surface area contributed by atoms with Gasteiger partial charge in [0, 0.05) is 37.4 Å². The highest BCUT2D eigenvalue weighted by Crippen LogP contribution is 2.29. The van der Waals surface area contributed by atoms with Gasteiger partial charge in [0.1, 0.15) is 17.8 Å². The average Bonchev–Trinajstić information content (AvgIpc) is 2.63. The number of methoxy groups -OCH3 is 1. The number of nitrogens with two attached hydrogens (primary N) is 1. The molecule has 0 radical (unpaired) electrons. The number of benzene rings is 1. The van der Waals surface area contributed by atoms with E-state index in [-0.39, 0.29) is 5.54 Å². The molecule has 1 aromatic heterocycles. The molecule has 26 heavy (non-hydrogen) atoms. The van der Waals surface area contributed by atoms with Crippen LogP contribution in [-0.2, 0) is 0 Å². The molecule has 1 saturated heterocycles. The van der Waals surface area contributed by atoms with Crippen LogP contribution in [0.15, 0.2) is 30.6 Å². The average molecular weight is 356 g/mol. The summed E-state index contributed by atoms with van der Waals surface area (Å²) in [6, 6.07) is 8.18. The quantitative estimate of drug-likeness (QED) is 0.871. The van der Waals surface area contributed by atoms with Crippen molar-refractivity contribution >= 4 is 23.0 Å². The number of nitrogens with zero attached hydrogens (tertiary/aromatic N) is 4. The fourth-order valence-corrected chi connectivity index (χ4v) is 3.06. The van der Waals surface area contributed by atoms with Gasteiger partial charge < -0.3 is 25.6 Å². The fraction of sp³-hybridized carbons (Fsp3) is 0.474. The molecule has 0 unspecified atom stereocenters. The van der Waals surface area contributed by atoms with E-state index in [1.165, 1.54) is 5.69 Å². The van der Waals surface area contributed by atoms with Crippen molar-refractivity contribution in [1.82, 2.24) is 9.97 Å². The summed E-state index contributed by atoms with van der Waals surface area (Å²) in [5.74, 6) is 2.38. The van der Waals surface area contributed by atoms with E-state index >= 15 is 0 Å². The molecule has 2 heterocycles. The number of hydrogen-bond acceptors (Lipinski definition) is 7. The Morgan fingerprint density at radius 2 is 1.62 bits per heavy atom. The lowest BCUT2D eigenvalue weighted by Gasteiger charge is -2.37. The van der Waals surface area contributed by atoms with E-state index < -0.39 is 0 Å². The molecular weight excluding hydrogens is 328 g/mol. The Hall–Kier alpha value is -2.70. The van der Waals surface area contributed by atoms with Crippen molar-refractivity contribution < 1.29 is 4.74 Å². The van der Waals surface area contributed by atoms with E-state index in [1.54, 1.807) is 13.4 Å². The zero-order chi connectivity index (χ0) is 18.7. The van der Waals surface area contributed by atoms with Crippen LogP contribution in [0.2, 0.25) is 0 Å². The number of nitrogen functional groups attached to an aromatic ring is 1. The van der Waals surface area contributed by atoms with Gasteiger partial charge in [-0.05, 0) is 45.0 Å². The molecule has 0 atom stereocenters. The predicted octanol–water partition coefficient (Wildman–Crippen LogP) is 2.60. The summed E-state index contributed by atoms with van der Waals surface area (Å²) in [6.45, 7) is 9.81. The molecule has 7 nitrogen and oxygen atoms in total. The normalized spacial score (nSPS) is 15.1. The van der Waals surface area contributed by atoms with Crippen LogP contribution in [0.3, 0.4) is 0 Å². The first kappa shape index (κ1) is 18.1. The molecule has 7 heteroatoms. The number of hydrogen-bond donors (Lipinski definition) is 2. The fourth-order valence-electron chi connectivity index (χ4n) is 3.06. The SMILES string of the molecule is COc1ccc(N2CCN(c3ncnc(NC(C)(C)C)c3N)CC2)cc1. The van der Waals surface area contributed by atoms with Crippen LogP contribution in [0.5, 0.6) is 5.75 Å². The predicted molar refractivity (Wildman–Crippen MR) is 107 cm³/mol. The van der Waals surface area contributed by atoms with Gasteiger partial charge in [-0.3, -0.25) is 0 Å². The zero-order valence-electron chi connectivity index (χ0n) is 16.0. The highest BCUT2D eigenvalue weighted by atomic mass is 16.5. The molecule has 1 fully saturated rings. The molecule has 0 aliphatic carbocycles. The molecule has 1 aromatic carbocycles. The standard InChI is InChI=1S/C19H28N6O/c1-19(2,3)23-17-16(20)18(22-13-21-17)25-11-9-24(10-12-25)14-5-7-15(26-4)8-6-14/h5-8,13H,9-12,20H2,1-4H3,(H,21,22,23). The summed E-state index contributed by atoms with van der Waals surface area (Å²) in [5, 5.41) is 3.35. The first-order chi connectivity index (χ1) is 12.4. The van der Waals surface area contributed by atoms with E-state index in [2.05, 4.69) is 58.0 Å². The minimum atomic E-state index is -0.104. The lowest BCUT2D eigenvalue weighted by atomic mass is 10.1. The third-order valence-corrected chi connectivity index (χ3v) is 4.37. The van der Waals surface area contributed by atoms with Gasteiger partial charge in [0.2, 0.25) is 0 Å². The van der Waals surface area contributed by atoms with Gasteiger partial charge in [0.15, 0.2) is 11.6 Å². The molecule has 2 aromatic rings. The highest BCUT2D eigenvalue weighted by Gasteiger charge is 2.22. The highest BCUT2D eigenvalue weighted by molar-refractivity contribution is 5.75. The third kappa shape index (κ3) is 4.09. The van der Waals surface area contributed by atoms with Gasteiger partial charge in [-0.25, -0.2) is 9.97 Å². The third-order valence-electron chi connectivity index (χ3n) is 4.37. The second-order valence-corrected chi connectivity index (χ2v) is 7.51. The van der Waals surface area contributed by atoms with Crippen molar-refractivity contribution in [3.8, 4) is 5.75 Å². The first-order valence-corrected chi connectivity index (χ1v) is 8.90. The molecule has 140 valence electrons. The number of rotatable bonds is 4. The number of piperazine rings is 1. The molecule has 0 bridgehead atoms. The minimum Gasteiger partial charge on any atom is -0.497 e. The molecule has 3 N–H and O–H groups in total. The maximum Gasteiger partial charge on any atom is 0.157 e. The Bertz CT molecular complexity index is 733. The largest absolute Gasteiger partial charge is 0.497 e. The van der Waals surface area contributed by atoms with Crippen molar-refractivity contribution in [2.75, 3.05) is 54.1 Å². The van der Waals surface area contributed by atoms with Crippen LogP contribution in [0.4, 0.5) is 23.0 Å². The molecule has 0 saturated carbocycles. The van der Waals surface area contributed by atoms with E-state index in [0.717, 1.165) is 37.7 Å². The van der Waals surface area contributed by atoms with Crippen molar-refractivity contribution in [2.45, 2.75) is 26.3 Å². The summed E-state index contributed by atoms with van der Waals surface area (Å²) in [5.41, 5.74) is 8.05. The van der Waals surface area contributed by atoms with Crippen LogP contribution in [0, 0.1) is 0 Å². The topological polar surface area (TPSA) is 79.5 Å². The number of ether oxygens (including phenoxy) is 1. The van der Waals surface area contributed by atoms with Crippen molar-refractivity contribution in [2.24, 2.45) is 0 Å². The van der Waals surface area contributed by atoms with Crippen LogP contribution in [0.25, 0.3) is 0 Å². The zero-order valence-corrected chi connectivity index (χ0v) is 16.0. The Balaban J connectivity index is 1.69. The summed E-state index contributed by atoms with van der Waals surface area (Å²) < 4.78 is 5.23. The van der Waals surface area contributed by atoms with Gasteiger partial charge in [-0.15, -0.1) is 0 Å². The maximum absolute atomic E-state index is 6.34. The van der Waals surface area contributed by atoms with Crippen LogP contribution < -0.4 is 25.6 Å². The van der Waals surface area contributed by atoms with Crippen LogP contribution in [0.1, 0.15) is 20.8 Å². The van der Waals surface area contributed by atoms with Crippen molar-refractivity contribution in [1.29, 1.82) is 0 Å². The first-order valence-electron chi connectivity index (χ1n) is 8.90. The summed E-state index contributed by atoms with van der Waals surface area (Å²) in [4.78, 5) is 13.3. The van der Waals surface area contributed by atoms with Crippen molar-refractivity contribution in [3.63, 3.8) is 0 Å². The Morgan fingerprint density at radius 3 is 2.19 bits per heavy atom. The summed E-state index contributed by atoms with van der Waals surface area (Å²) in [7, 11) is 1.68. The van der Waals surface area contributed by atoms with E-state index in [1.807, 2.05) is 12.1 Å². The summed E-state index contributed by atoms with van der Waals surface area (Å²) in [6.07, 6.45) is 1.58. The van der Waals surface area contributed by atoms with Crippen LogP contribution in [-0.4, -0.2) is 48.8 Å². The molecule has 0 amide bonds. The smallest absolute Gasteiger partial charge is 0.157 e. The van der Waals surface area contributed by atoms with E-state index in [9.17, 15) is 0 Å².